The molecule has 4 heteroatoms. The summed E-state index contributed by atoms with van der Waals surface area (Å²) in [7, 11) is 0. The van der Waals surface area contributed by atoms with Crippen molar-refractivity contribution in [1.82, 2.24) is 4.98 Å². The number of nitrogens with one attached hydrogen (secondary N) is 1. The number of nitrogen functional groups attached to an aromatic ring is 1. The number of rotatable bonds is 3. The SMILES string of the molecule is Cc1cc2c(NCC3(O)CCCC3)ccc(N)c2cn1. The predicted octanol–water partition coefficient (Wildman–Crippen LogP) is 2.84. The van der Waals surface area contributed by atoms with Crippen molar-refractivity contribution in [2.24, 2.45) is 0 Å². The van der Waals surface area contributed by atoms with Gasteiger partial charge in [-0.3, -0.25) is 4.98 Å². The van der Waals surface area contributed by atoms with E-state index in [0.717, 1.165) is 53.5 Å². The quantitative estimate of drug-likeness (QED) is 0.751. The molecule has 1 aromatic carbocycles. The van der Waals surface area contributed by atoms with Crippen LogP contribution in [0.1, 0.15) is 31.4 Å². The first-order chi connectivity index (χ1) is 9.57. The van der Waals surface area contributed by atoms with E-state index in [1.54, 1.807) is 0 Å². The van der Waals surface area contributed by atoms with Crippen molar-refractivity contribution in [3.8, 4) is 0 Å². The molecule has 0 radical (unpaired) electrons. The number of aryl methyl sites for hydroxylation is 1. The number of fused-ring (bicyclic) bond motifs is 1. The molecule has 1 aliphatic carbocycles. The van der Waals surface area contributed by atoms with E-state index in [9.17, 15) is 5.11 Å². The molecule has 0 spiro atoms. The Morgan fingerprint density at radius 2 is 2.05 bits per heavy atom. The van der Waals surface area contributed by atoms with Gasteiger partial charge in [-0.25, -0.2) is 0 Å². The summed E-state index contributed by atoms with van der Waals surface area (Å²) in [6, 6.07) is 5.91. The van der Waals surface area contributed by atoms with Crippen LogP contribution in [0.5, 0.6) is 0 Å². The molecule has 0 saturated heterocycles. The van der Waals surface area contributed by atoms with E-state index in [0.29, 0.717) is 6.54 Å². The van der Waals surface area contributed by atoms with E-state index in [4.69, 9.17) is 5.73 Å². The van der Waals surface area contributed by atoms with Gasteiger partial charge in [0.2, 0.25) is 0 Å². The Balaban J connectivity index is 1.91. The van der Waals surface area contributed by atoms with Crippen molar-refractivity contribution in [2.45, 2.75) is 38.2 Å². The number of benzene rings is 1. The second kappa shape index (κ2) is 4.94. The van der Waals surface area contributed by atoms with Crippen LogP contribution in [0, 0.1) is 6.92 Å². The van der Waals surface area contributed by atoms with E-state index >= 15 is 0 Å². The first-order valence-electron chi connectivity index (χ1n) is 7.19. The summed E-state index contributed by atoms with van der Waals surface area (Å²) < 4.78 is 0. The van der Waals surface area contributed by atoms with Crippen molar-refractivity contribution in [1.29, 1.82) is 0 Å². The van der Waals surface area contributed by atoms with Gasteiger partial charge in [0.15, 0.2) is 0 Å². The normalized spacial score (nSPS) is 17.5. The fourth-order valence-corrected chi connectivity index (χ4v) is 2.99. The van der Waals surface area contributed by atoms with Crippen molar-refractivity contribution in [2.75, 3.05) is 17.6 Å². The van der Waals surface area contributed by atoms with Crippen LogP contribution in [-0.2, 0) is 0 Å². The minimum Gasteiger partial charge on any atom is -0.398 e. The van der Waals surface area contributed by atoms with E-state index < -0.39 is 5.60 Å². The second-order valence-corrected chi connectivity index (χ2v) is 5.86. The van der Waals surface area contributed by atoms with Gasteiger partial charge < -0.3 is 16.2 Å². The summed E-state index contributed by atoms with van der Waals surface area (Å²) in [6.07, 6.45) is 5.81. The molecule has 4 nitrogen and oxygen atoms in total. The number of hydrogen-bond acceptors (Lipinski definition) is 4. The van der Waals surface area contributed by atoms with Crippen LogP contribution in [0.25, 0.3) is 10.8 Å². The molecule has 0 bridgehead atoms. The Morgan fingerprint density at radius 1 is 1.30 bits per heavy atom. The summed E-state index contributed by atoms with van der Waals surface area (Å²) >= 11 is 0. The lowest BCUT2D eigenvalue weighted by Crippen LogP contribution is -2.33. The molecule has 2 aromatic rings. The van der Waals surface area contributed by atoms with Gasteiger partial charge in [0.25, 0.3) is 0 Å². The van der Waals surface area contributed by atoms with Gasteiger partial charge in [-0.1, -0.05) is 12.8 Å². The van der Waals surface area contributed by atoms with Crippen molar-refractivity contribution >= 4 is 22.1 Å². The second-order valence-electron chi connectivity index (χ2n) is 5.86. The summed E-state index contributed by atoms with van der Waals surface area (Å²) in [5, 5.41) is 15.9. The largest absolute Gasteiger partial charge is 0.398 e. The van der Waals surface area contributed by atoms with Crippen LogP contribution in [-0.4, -0.2) is 22.2 Å². The van der Waals surface area contributed by atoms with Gasteiger partial charge in [0.05, 0.1) is 5.60 Å². The molecule has 106 valence electrons. The third-order valence-corrected chi connectivity index (χ3v) is 4.21. The smallest absolute Gasteiger partial charge is 0.0819 e. The minimum absolute atomic E-state index is 0.560. The predicted molar refractivity (Wildman–Crippen MR) is 82.8 cm³/mol. The summed E-state index contributed by atoms with van der Waals surface area (Å²) in [4.78, 5) is 4.30. The summed E-state index contributed by atoms with van der Waals surface area (Å²) in [5.41, 5.74) is 8.15. The molecule has 0 unspecified atom stereocenters. The summed E-state index contributed by atoms with van der Waals surface area (Å²) in [6.45, 7) is 2.56. The lowest BCUT2D eigenvalue weighted by molar-refractivity contribution is 0.0615. The maximum atomic E-state index is 10.4. The Bertz CT molecular complexity index is 633. The average molecular weight is 271 g/mol. The number of nitrogens with two attached hydrogens (primary N) is 1. The Morgan fingerprint density at radius 3 is 2.80 bits per heavy atom. The Kier molecular flexibility index (Phi) is 3.26. The zero-order valence-electron chi connectivity index (χ0n) is 11.8. The van der Waals surface area contributed by atoms with Gasteiger partial charge in [-0.05, 0) is 38.0 Å². The molecular formula is C16H21N3O. The van der Waals surface area contributed by atoms with Crippen LogP contribution in [0.2, 0.25) is 0 Å². The molecule has 20 heavy (non-hydrogen) atoms. The molecule has 0 atom stereocenters. The first-order valence-corrected chi connectivity index (χ1v) is 7.19. The van der Waals surface area contributed by atoms with Gasteiger partial charge >= 0.3 is 0 Å². The van der Waals surface area contributed by atoms with Crippen LogP contribution < -0.4 is 11.1 Å². The van der Waals surface area contributed by atoms with Crippen molar-refractivity contribution in [3.63, 3.8) is 0 Å². The number of aliphatic hydroxyl groups is 1. The molecule has 0 amide bonds. The number of nitrogens with zero attached hydrogens (tertiary/aromatic N) is 1. The molecule has 1 heterocycles. The van der Waals surface area contributed by atoms with Gasteiger partial charge in [0.1, 0.15) is 0 Å². The Labute approximate surface area is 119 Å². The maximum Gasteiger partial charge on any atom is 0.0819 e. The molecule has 4 N–H and O–H groups in total. The standard InChI is InChI=1S/C16H21N3O/c1-11-8-12-13(9-18-11)14(17)4-5-15(12)19-10-16(20)6-2-3-7-16/h4-5,8-9,19-20H,2-3,6-7,10,17H2,1H3. The number of anilines is 2. The highest BCUT2D eigenvalue weighted by molar-refractivity contribution is 6.00. The van der Waals surface area contributed by atoms with Crippen LogP contribution in [0.15, 0.2) is 24.4 Å². The third kappa shape index (κ3) is 2.43. The highest BCUT2D eigenvalue weighted by Crippen LogP contribution is 2.32. The first kappa shape index (κ1) is 13.2. The van der Waals surface area contributed by atoms with Crippen LogP contribution >= 0.6 is 0 Å². The third-order valence-electron chi connectivity index (χ3n) is 4.21. The van der Waals surface area contributed by atoms with Gasteiger partial charge in [-0.2, -0.15) is 0 Å². The topological polar surface area (TPSA) is 71.2 Å². The molecule has 1 aromatic heterocycles. The maximum absolute atomic E-state index is 10.4. The van der Waals surface area contributed by atoms with E-state index in [-0.39, 0.29) is 0 Å². The van der Waals surface area contributed by atoms with Gasteiger partial charge in [0, 0.05) is 40.6 Å². The molecule has 3 rings (SSSR count). The molecule has 1 saturated carbocycles. The number of hydrogen-bond donors (Lipinski definition) is 3. The fraction of sp³-hybridized carbons (Fsp3) is 0.438. The highest BCUT2D eigenvalue weighted by atomic mass is 16.3. The number of pyridine rings is 1. The van der Waals surface area contributed by atoms with E-state index in [1.165, 1.54) is 0 Å². The Hall–Kier alpha value is -1.81. The lowest BCUT2D eigenvalue weighted by atomic mass is 10.0. The molecular weight excluding hydrogens is 250 g/mol. The minimum atomic E-state index is -0.560. The average Bonchev–Trinajstić information content (AvgIpc) is 2.85. The molecule has 1 aliphatic rings. The van der Waals surface area contributed by atoms with E-state index in [1.807, 2.05) is 31.3 Å². The monoisotopic (exact) mass is 271 g/mol. The fourth-order valence-electron chi connectivity index (χ4n) is 2.99. The molecule has 0 aliphatic heterocycles. The van der Waals surface area contributed by atoms with Crippen molar-refractivity contribution in [3.05, 3.63) is 30.1 Å². The van der Waals surface area contributed by atoms with E-state index in [2.05, 4.69) is 10.3 Å². The highest BCUT2D eigenvalue weighted by Gasteiger charge is 2.30. The lowest BCUT2D eigenvalue weighted by Gasteiger charge is -2.23. The van der Waals surface area contributed by atoms with Gasteiger partial charge in [-0.15, -0.1) is 0 Å². The number of aromatic nitrogens is 1. The van der Waals surface area contributed by atoms with Crippen LogP contribution in [0.3, 0.4) is 0 Å². The molecule has 1 fully saturated rings. The van der Waals surface area contributed by atoms with Crippen LogP contribution in [0.4, 0.5) is 11.4 Å². The van der Waals surface area contributed by atoms with Crippen molar-refractivity contribution < 1.29 is 5.11 Å². The summed E-state index contributed by atoms with van der Waals surface area (Å²) in [5.74, 6) is 0. The zero-order chi connectivity index (χ0) is 14.2. The zero-order valence-corrected chi connectivity index (χ0v) is 11.8.